The Morgan fingerprint density at radius 3 is 2.83 bits per heavy atom. The molecule has 3 heteroatoms. The largest absolute Gasteiger partial charge is 0.381 e. The zero-order chi connectivity index (χ0) is 16.5. The highest BCUT2D eigenvalue weighted by Gasteiger charge is 2.43. The number of halogens is 1. The lowest BCUT2D eigenvalue weighted by atomic mass is 9.81. The number of benzene rings is 2. The van der Waals surface area contributed by atoms with Gasteiger partial charge in [0, 0.05) is 34.7 Å². The van der Waals surface area contributed by atoms with Crippen LogP contribution in [0.25, 0.3) is 0 Å². The molecule has 0 bridgehead atoms. The van der Waals surface area contributed by atoms with Gasteiger partial charge in [-0.05, 0) is 48.7 Å². The summed E-state index contributed by atoms with van der Waals surface area (Å²) in [6.07, 6.45) is 4.32. The van der Waals surface area contributed by atoms with Gasteiger partial charge in [0.2, 0.25) is 0 Å². The van der Waals surface area contributed by atoms with Crippen molar-refractivity contribution >= 4 is 21.6 Å². The van der Waals surface area contributed by atoms with E-state index in [1.807, 2.05) is 0 Å². The topological polar surface area (TPSA) is 15.3 Å². The Labute approximate surface area is 152 Å². The maximum atomic E-state index is 3.96. The van der Waals surface area contributed by atoms with Gasteiger partial charge in [0.25, 0.3) is 0 Å². The predicted octanol–water partition coefficient (Wildman–Crippen LogP) is 5.38. The van der Waals surface area contributed by atoms with Crippen LogP contribution in [0.4, 0.5) is 5.69 Å². The maximum absolute atomic E-state index is 3.96. The number of nitrogens with zero attached hydrogens (tertiary/aromatic N) is 1. The van der Waals surface area contributed by atoms with Crippen molar-refractivity contribution in [1.82, 2.24) is 4.90 Å². The summed E-state index contributed by atoms with van der Waals surface area (Å²) in [6, 6.07) is 18.5. The third-order valence-corrected chi connectivity index (χ3v) is 5.88. The van der Waals surface area contributed by atoms with Crippen LogP contribution in [0.1, 0.15) is 30.0 Å². The first-order valence-electron chi connectivity index (χ1n) is 8.71. The molecule has 2 aliphatic heterocycles. The van der Waals surface area contributed by atoms with E-state index >= 15 is 0 Å². The van der Waals surface area contributed by atoms with Crippen molar-refractivity contribution in [3.8, 4) is 0 Å². The van der Waals surface area contributed by atoms with Gasteiger partial charge in [-0.1, -0.05) is 52.3 Å². The van der Waals surface area contributed by atoms with Gasteiger partial charge in [-0.3, -0.25) is 4.90 Å². The van der Waals surface area contributed by atoms with Crippen molar-refractivity contribution in [2.45, 2.75) is 31.5 Å². The van der Waals surface area contributed by atoms with Gasteiger partial charge >= 0.3 is 0 Å². The Morgan fingerprint density at radius 2 is 2.04 bits per heavy atom. The molecule has 2 aromatic rings. The Hall–Kier alpha value is -1.58. The Balaban J connectivity index is 1.69. The van der Waals surface area contributed by atoms with Crippen molar-refractivity contribution < 1.29 is 0 Å². The van der Waals surface area contributed by atoms with Gasteiger partial charge in [-0.15, -0.1) is 6.58 Å². The van der Waals surface area contributed by atoms with E-state index in [4.69, 9.17) is 0 Å². The number of hydrogen-bond donors (Lipinski definition) is 1. The van der Waals surface area contributed by atoms with E-state index in [0.717, 1.165) is 24.0 Å². The second-order valence-electron chi connectivity index (χ2n) is 6.86. The summed E-state index contributed by atoms with van der Waals surface area (Å²) < 4.78 is 1.16. The lowest BCUT2D eigenvalue weighted by molar-refractivity contribution is 0.205. The second-order valence-corrected chi connectivity index (χ2v) is 7.78. The van der Waals surface area contributed by atoms with Crippen LogP contribution >= 0.6 is 15.9 Å². The molecule has 0 spiro atoms. The molecule has 0 aromatic heterocycles. The van der Waals surface area contributed by atoms with Crippen LogP contribution in [0.3, 0.4) is 0 Å². The lowest BCUT2D eigenvalue weighted by Gasteiger charge is -2.40. The summed E-state index contributed by atoms with van der Waals surface area (Å²) in [5.74, 6) is 0.647. The summed E-state index contributed by atoms with van der Waals surface area (Å²) >= 11 is 3.66. The first-order chi connectivity index (χ1) is 11.8. The molecule has 124 valence electrons. The van der Waals surface area contributed by atoms with E-state index in [9.17, 15) is 0 Å². The highest BCUT2D eigenvalue weighted by Crippen LogP contribution is 2.48. The smallest absolute Gasteiger partial charge is 0.0420 e. The molecular formula is C21H23BrN2. The van der Waals surface area contributed by atoms with E-state index in [1.54, 1.807) is 0 Å². The molecule has 2 aliphatic rings. The molecule has 0 aliphatic carbocycles. The number of rotatable bonds is 4. The van der Waals surface area contributed by atoms with Gasteiger partial charge in [-0.2, -0.15) is 0 Å². The number of fused-ring (bicyclic) bond motifs is 3. The highest BCUT2D eigenvalue weighted by atomic mass is 79.9. The molecule has 0 radical (unpaired) electrons. The van der Waals surface area contributed by atoms with Crippen LogP contribution in [0.15, 0.2) is 65.7 Å². The average molecular weight is 383 g/mol. The third-order valence-electron chi connectivity index (χ3n) is 5.39. The molecule has 1 fully saturated rings. The maximum Gasteiger partial charge on any atom is 0.0420 e. The van der Waals surface area contributed by atoms with Crippen molar-refractivity contribution in [3.05, 3.63) is 76.8 Å². The molecule has 1 N–H and O–H groups in total. The van der Waals surface area contributed by atoms with Crippen LogP contribution in [-0.2, 0) is 6.54 Å². The molecule has 3 atom stereocenters. The summed E-state index contributed by atoms with van der Waals surface area (Å²) in [5.41, 5.74) is 4.11. The highest BCUT2D eigenvalue weighted by molar-refractivity contribution is 9.10. The zero-order valence-electron chi connectivity index (χ0n) is 13.8. The fraction of sp³-hybridized carbons (Fsp3) is 0.333. The van der Waals surface area contributed by atoms with Gasteiger partial charge in [0.05, 0.1) is 0 Å². The molecule has 1 saturated heterocycles. The van der Waals surface area contributed by atoms with Crippen molar-refractivity contribution in [2.24, 2.45) is 5.92 Å². The lowest BCUT2D eigenvalue weighted by Crippen LogP contribution is -2.39. The molecule has 2 aromatic carbocycles. The molecule has 2 heterocycles. The van der Waals surface area contributed by atoms with Gasteiger partial charge < -0.3 is 5.32 Å². The molecule has 24 heavy (non-hydrogen) atoms. The number of anilines is 1. The van der Waals surface area contributed by atoms with E-state index in [1.165, 1.54) is 23.2 Å². The van der Waals surface area contributed by atoms with Crippen LogP contribution in [0.2, 0.25) is 0 Å². The SMILES string of the molecule is C=CC[C@@H]1Nc2ccc(Br)cc2[C@@H]2[C@H]1CCN2Cc1ccccc1. The van der Waals surface area contributed by atoms with Crippen molar-refractivity contribution in [2.75, 3.05) is 11.9 Å². The number of hydrogen-bond acceptors (Lipinski definition) is 2. The monoisotopic (exact) mass is 382 g/mol. The summed E-state index contributed by atoms with van der Waals surface area (Å²) in [4.78, 5) is 2.65. The predicted molar refractivity (Wildman–Crippen MR) is 104 cm³/mol. The first kappa shape index (κ1) is 15.9. The summed E-state index contributed by atoms with van der Waals surface area (Å²) in [5, 5.41) is 3.76. The first-order valence-corrected chi connectivity index (χ1v) is 9.50. The van der Waals surface area contributed by atoms with Crippen LogP contribution in [0.5, 0.6) is 0 Å². The Kier molecular flexibility index (Phi) is 4.47. The van der Waals surface area contributed by atoms with E-state index in [2.05, 4.69) is 87.3 Å². The fourth-order valence-corrected chi connectivity index (χ4v) is 4.74. The fourth-order valence-electron chi connectivity index (χ4n) is 4.36. The molecule has 4 rings (SSSR count). The third kappa shape index (κ3) is 2.91. The molecule has 0 saturated carbocycles. The average Bonchev–Trinajstić information content (AvgIpc) is 3.01. The Bertz CT molecular complexity index is 728. The minimum atomic E-state index is 0.488. The van der Waals surface area contributed by atoms with Gasteiger partial charge in [-0.25, -0.2) is 0 Å². The van der Waals surface area contributed by atoms with E-state index in [0.29, 0.717) is 18.0 Å². The minimum Gasteiger partial charge on any atom is -0.381 e. The minimum absolute atomic E-state index is 0.488. The molecule has 2 nitrogen and oxygen atoms in total. The van der Waals surface area contributed by atoms with E-state index < -0.39 is 0 Å². The van der Waals surface area contributed by atoms with Crippen LogP contribution in [0, 0.1) is 5.92 Å². The van der Waals surface area contributed by atoms with E-state index in [-0.39, 0.29) is 0 Å². The van der Waals surface area contributed by atoms with Crippen molar-refractivity contribution in [1.29, 1.82) is 0 Å². The Morgan fingerprint density at radius 1 is 1.21 bits per heavy atom. The standard InChI is InChI=1S/C21H23BrN2/c1-2-6-19-17-11-12-24(14-15-7-4-3-5-8-15)21(17)18-13-16(22)9-10-20(18)23-19/h2-5,7-10,13,17,19,21,23H,1,6,11-12,14H2/t17-,19-,21-/m0/s1. The number of nitrogens with one attached hydrogen (secondary N) is 1. The summed E-state index contributed by atoms with van der Waals surface area (Å²) in [6.45, 7) is 6.15. The summed E-state index contributed by atoms with van der Waals surface area (Å²) in [7, 11) is 0. The molecule has 0 unspecified atom stereocenters. The zero-order valence-corrected chi connectivity index (χ0v) is 15.4. The van der Waals surface area contributed by atoms with Crippen molar-refractivity contribution in [3.63, 3.8) is 0 Å². The molecular weight excluding hydrogens is 360 g/mol. The molecule has 0 amide bonds. The normalized spacial score (nSPS) is 25.6. The second kappa shape index (κ2) is 6.73. The van der Waals surface area contributed by atoms with Gasteiger partial charge in [0.1, 0.15) is 0 Å². The van der Waals surface area contributed by atoms with Crippen LogP contribution < -0.4 is 5.32 Å². The van der Waals surface area contributed by atoms with Gasteiger partial charge in [0.15, 0.2) is 0 Å². The number of likely N-dealkylation sites (tertiary alicyclic amines) is 1. The quantitative estimate of drug-likeness (QED) is 0.713. The van der Waals surface area contributed by atoms with Crippen LogP contribution in [-0.4, -0.2) is 17.5 Å².